The zero-order valence-corrected chi connectivity index (χ0v) is 10.5. The van der Waals surface area contributed by atoms with Gasteiger partial charge in [0.05, 0.1) is 13.2 Å². The third kappa shape index (κ3) is 4.70. The van der Waals surface area contributed by atoms with Crippen LogP contribution < -0.4 is 0 Å². The summed E-state index contributed by atoms with van der Waals surface area (Å²) in [5.41, 5.74) is -0.716. The summed E-state index contributed by atoms with van der Waals surface area (Å²) in [5.74, 6) is -2.95. The molecule has 0 aromatic heterocycles. The molecule has 0 heterocycles. The quantitative estimate of drug-likeness (QED) is 0.552. The van der Waals surface area contributed by atoms with E-state index < -0.39 is 23.2 Å². The van der Waals surface area contributed by atoms with Crippen molar-refractivity contribution in [3.63, 3.8) is 0 Å². The van der Waals surface area contributed by atoms with Crippen molar-refractivity contribution in [3.8, 4) is 0 Å². The molecule has 0 saturated carbocycles. The second-order valence-corrected chi connectivity index (χ2v) is 4.91. The van der Waals surface area contributed by atoms with Gasteiger partial charge in [-0.15, -0.1) is 0 Å². The summed E-state index contributed by atoms with van der Waals surface area (Å²) < 4.78 is 0. The van der Waals surface area contributed by atoms with Gasteiger partial charge in [0.1, 0.15) is 5.92 Å². The number of hydrogen-bond donors (Lipinski definition) is 3. The zero-order valence-electron chi connectivity index (χ0n) is 10.5. The van der Waals surface area contributed by atoms with E-state index in [0.717, 1.165) is 0 Å². The number of amides is 1. The Morgan fingerprint density at radius 2 is 1.53 bits per heavy atom. The lowest BCUT2D eigenvalue weighted by molar-refractivity contribution is -0.156. The molecule has 0 rings (SSSR count). The molecule has 0 aliphatic carbocycles. The highest BCUT2D eigenvalue weighted by molar-refractivity contribution is 5.97. The van der Waals surface area contributed by atoms with Crippen molar-refractivity contribution in [2.45, 2.75) is 20.8 Å². The fourth-order valence-electron chi connectivity index (χ4n) is 1.60. The van der Waals surface area contributed by atoms with Crippen LogP contribution in [-0.4, -0.2) is 58.4 Å². The summed E-state index contributed by atoms with van der Waals surface area (Å²) in [6.07, 6.45) is 0. The number of carboxylic acids is 1. The van der Waals surface area contributed by atoms with Gasteiger partial charge in [-0.25, -0.2) is 0 Å². The van der Waals surface area contributed by atoms with Gasteiger partial charge in [-0.3, -0.25) is 9.59 Å². The van der Waals surface area contributed by atoms with Gasteiger partial charge >= 0.3 is 5.97 Å². The highest BCUT2D eigenvalue weighted by Gasteiger charge is 2.39. The molecule has 0 aliphatic rings. The third-order valence-electron chi connectivity index (χ3n) is 2.41. The number of carboxylic acid groups (broad SMARTS) is 1. The summed E-state index contributed by atoms with van der Waals surface area (Å²) in [5, 5.41) is 26.7. The maximum absolute atomic E-state index is 12.0. The number of carbonyl (C=O) groups excluding carboxylic acids is 1. The van der Waals surface area contributed by atoms with Crippen LogP contribution >= 0.6 is 0 Å². The van der Waals surface area contributed by atoms with E-state index in [1.165, 1.54) is 4.90 Å². The first-order chi connectivity index (χ1) is 7.75. The second-order valence-electron chi connectivity index (χ2n) is 4.91. The van der Waals surface area contributed by atoms with E-state index in [1.54, 1.807) is 20.8 Å². The first-order valence-corrected chi connectivity index (χ1v) is 5.49. The minimum Gasteiger partial charge on any atom is -0.481 e. The maximum atomic E-state index is 12.0. The standard InChI is InChI=1S/C11H21NO5/c1-11(2,3)8(10(16)17)9(15)12(4-6-13)5-7-14/h8,13-14H,4-7H2,1-3H3,(H,16,17). The topological polar surface area (TPSA) is 98.1 Å². The molecule has 0 spiro atoms. The Balaban J connectivity index is 4.97. The van der Waals surface area contributed by atoms with E-state index >= 15 is 0 Å². The summed E-state index contributed by atoms with van der Waals surface area (Å²) in [4.78, 5) is 24.3. The first-order valence-electron chi connectivity index (χ1n) is 5.49. The second kappa shape index (κ2) is 6.56. The van der Waals surface area contributed by atoms with Crippen LogP contribution in [0.25, 0.3) is 0 Å². The van der Waals surface area contributed by atoms with Gasteiger partial charge < -0.3 is 20.2 Å². The molecule has 0 radical (unpaired) electrons. The molecule has 0 aliphatic heterocycles. The number of hydrogen-bond acceptors (Lipinski definition) is 4. The lowest BCUT2D eigenvalue weighted by atomic mass is 9.80. The van der Waals surface area contributed by atoms with E-state index in [4.69, 9.17) is 15.3 Å². The molecule has 6 heteroatoms. The lowest BCUT2D eigenvalue weighted by Gasteiger charge is -2.31. The van der Waals surface area contributed by atoms with Gasteiger partial charge in [-0.2, -0.15) is 0 Å². The van der Waals surface area contributed by atoms with Crippen LogP contribution in [0.2, 0.25) is 0 Å². The Bertz CT molecular complexity index is 266. The smallest absolute Gasteiger partial charge is 0.316 e. The molecular formula is C11H21NO5. The van der Waals surface area contributed by atoms with Gasteiger partial charge in [0.15, 0.2) is 0 Å². The summed E-state index contributed by atoms with van der Waals surface area (Å²) in [6, 6.07) is 0. The normalized spacial score (nSPS) is 13.2. The Morgan fingerprint density at radius 1 is 1.12 bits per heavy atom. The van der Waals surface area contributed by atoms with Crippen LogP contribution in [0.4, 0.5) is 0 Å². The predicted octanol–water partition coefficient (Wildman–Crippen LogP) is -0.453. The van der Waals surface area contributed by atoms with Crippen molar-refractivity contribution in [1.82, 2.24) is 4.90 Å². The lowest BCUT2D eigenvalue weighted by Crippen LogP contribution is -2.47. The summed E-state index contributed by atoms with van der Waals surface area (Å²) in [6.45, 7) is 4.53. The van der Waals surface area contributed by atoms with Gasteiger partial charge in [0.25, 0.3) is 0 Å². The van der Waals surface area contributed by atoms with E-state index in [-0.39, 0.29) is 26.3 Å². The molecule has 3 N–H and O–H groups in total. The molecule has 0 fully saturated rings. The maximum Gasteiger partial charge on any atom is 0.316 e. The van der Waals surface area contributed by atoms with Gasteiger partial charge in [0, 0.05) is 13.1 Å². The highest BCUT2D eigenvalue weighted by atomic mass is 16.4. The van der Waals surface area contributed by atoms with Crippen molar-refractivity contribution in [2.24, 2.45) is 11.3 Å². The average Bonchev–Trinajstić information content (AvgIpc) is 2.14. The molecule has 6 nitrogen and oxygen atoms in total. The minimum absolute atomic E-state index is 0.0270. The molecule has 0 aromatic rings. The van der Waals surface area contributed by atoms with E-state index in [9.17, 15) is 9.59 Å². The summed E-state index contributed by atoms with van der Waals surface area (Å²) in [7, 11) is 0. The van der Waals surface area contributed by atoms with Gasteiger partial charge in [-0.05, 0) is 5.41 Å². The van der Waals surface area contributed by atoms with Crippen LogP contribution in [0.3, 0.4) is 0 Å². The molecule has 100 valence electrons. The Labute approximate surface area is 101 Å². The van der Waals surface area contributed by atoms with Crippen molar-refractivity contribution < 1.29 is 24.9 Å². The third-order valence-corrected chi connectivity index (χ3v) is 2.41. The molecule has 0 aromatic carbocycles. The van der Waals surface area contributed by atoms with Crippen molar-refractivity contribution in [3.05, 3.63) is 0 Å². The Morgan fingerprint density at radius 3 is 1.76 bits per heavy atom. The molecule has 17 heavy (non-hydrogen) atoms. The van der Waals surface area contributed by atoms with Gasteiger partial charge in [0.2, 0.25) is 5.91 Å². The summed E-state index contributed by atoms with van der Waals surface area (Å²) >= 11 is 0. The van der Waals surface area contributed by atoms with Crippen LogP contribution in [-0.2, 0) is 9.59 Å². The van der Waals surface area contributed by atoms with Crippen molar-refractivity contribution in [2.75, 3.05) is 26.3 Å². The van der Waals surface area contributed by atoms with Crippen LogP contribution in [0, 0.1) is 11.3 Å². The number of aliphatic hydroxyl groups excluding tert-OH is 2. The minimum atomic E-state index is -1.19. The SMILES string of the molecule is CC(C)(C)C(C(=O)O)C(=O)N(CCO)CCO. The van der Waals surface area contributed by atoms with Crippen LogP contribution in [0.15, 0.2) is 0 Å². The zero-order chi connectivity index (χ0) is 13.6. The number of rotatable bonds is 6. The Kier molecular flexibility index (Phi) is 6.12. The predicted molar refractivity (Wildman–Crippen MR) is 61.3 cm³/mol. The average molecular weight is 247 g/mol. The number of aliphatic carboxylic acids is 1. The van der Waals surface area contributed by atoms with E-state index in [0.29, 0.717) is 0 Å². The Hall–Kier alpha value is -1.14. The molecule has 0 bridgehead atoms. The van der Waals surface area contributed by atoms with Crippen LogP contribution in [0.1, 0.15) is 20.8 Å². The molecule has 0 saturated heterocycles. The van der Waals surface area contributed by atoms with E-state index in [2.05, 4.69) is 0 Å². The highest BCUT2D eigenvalue weighted by Crippen LogP contribution is 2.27. The first kappa shape index (κ1) is 15.9. The molecule has 1 amide bonds. The molecular weight excluding hydrogens is 226 g/mol. The number of nitrogens with zero attached hydrogens (tertiary/aromatic N) is 1. The fourth-order valence-corrected chi connectivity index (χ4v) is 1.60. The van der Waals surface area contributed by atoms with Crippen molar-refractivity contribution in [1.29, 1.82) is 0 Å². The largest absolute Gasteiger partial charge is 0.481 e. The van der Waals surface area contributed by atoms with E-state index in [1.807, 2.05) is 0 Å². The van der Waals surface area contributed by atoms with Crippen LogP contribution in [0.5, 0.6) is 0 Å². The number of carbonyl (C=O) groups is 2. The monoisotopic (exact) mass is 247 g/mol. The molecule has 1 atom stereocenters. The fraction of sp³-hybridized carbons (Fsp3) is 0.818. The van der Waals surface area contributed by atoms with Crippen molar-refractivity contribution >= 4 is 11.9 Å². The number of aliphatic hydroxyl groups is 2. The van der Waals surface area contributed by atoms with Gasteiger partial charge in [-0.1, -0.05) is 20.8 Å². The molecule has 1 unspecified atom stereocenters.